The quantitative estimate of drug-likeness (QED) is 0.735. The SMILES string of the molecule is CC(C)C(Nc1ccc2[nH]ncc2c1)c1ccccc1. The van der Waals surface area contributed by atoms with E-state index < -0.39 is 0 Å². The number of rotatable bonds is 4. The highest BCUT2D eigenvalue weighted by Gasteiger charge is 2.15. The largest absolute Gasteiger partial charge is 0.378 e. The van der Waals surface area contributed by atoms with Gasteiger partial charge >= 0.3 is 0 Å². The minimum absolute atomic E-state index is 0.306. The van der Waals surface area contributed by atoms with Gasteiger partial charge < -0.3 is 5.32 Å². The Kier molecular flexibility index (Phi) is 3.42. The predicted molar refractivity (Wildman–Crippen MR) is 83.7 cm³/mol. The highest BCUT2D eigenvalue weighted by Crippen LogP contribution is 2.27. The summed E-state index contributed by atoms with van der Waals surface area (Å²) in [6.07, 6.45) is 1.85. The van der Waals surface area contributed by atoms with E-state index in [9.17, 15) is 0 Å². The summed E-state index contributed by atoms with van der Waals surface area (Å²) in [5.41, 5.74) is 3.51. The van der Waals surface area contributed by atoms with E-state index in [4.69, 9.17) is 0 Å². The maximum absolute atomic E-state index is 4.06. The van der Waals surface area contributed by atoms with Crippen LogP contribution in [0.3, 0.4) is 0 Å². The summed E-state index contributed by atoms with van der Waals surface area (Å²) in [6.45, 7) is 4.47. The van der Waals surface area contributed by atoms with Crippen LogP contribution >= 0.6 is 0 Å². The molecule has 1 unspecified atom stereocenters. The molecule has 2 N–H and O–H groups in total. The molecule has 0 saturated heterocycles. The molecule has 0 aliphatic heterocycles. The molecule has 0 amide bonds. The van der Waals surface area contributed by atoms with Gasteiger partial charge in [-0.3, -0.25) is 5.10 Å². The molecule has 0 radical (unpaired) electrons. The molecular formula is C17H19N3. The van der Waals surface area contributed by atoms with Crippen LogP contribution in [-0.2, 0) is 0 Å². The van der Waals surface area contributed by atoms with Gasteiger partial charge in [-0.1, -0.05) is 44.2 Å². The number of H-pyrrole nitrogens is 1. The van der Waals surface area contributed by atoms with Gasteiger partial charge in [0.05, 0.1) is 17.8 Å². The lowest BCUT2D eigenvalue weighted by Gasteiger charge is -2.24. The van der Waals surface area contributed by atoms with Crippen LogP contribution in [0.2, 0.25) is 0 Å². The van der Waals surface area contributed by atoms with Crippen LogP contribution in [0.5, 0.6) is 0 Å². The third-order valence-corrected chi connectivity index (χ3v) is 3.59. The molecule has 3 rings (SSSR count). The van der Waals surface area contributed by atoms with Crippen molar-refractivity contribution in [2.24, 2.45) is 5.92 Å². The first-order valence-electron chi connectivity index (χ1n) is 6.98. The van der Waals surface area contributed by atoms with Gasteiger partial charge in [0.1, 0.15) is 0 Å². The van der Waals surface area contributed by atoms with E-state index in [1.54, 1.807) is 0 Å². The van der Waals surface area contributed by atoms with E-state index >= 15 is 0 Å². The van der Waals surface area contributed by atoms with E-state index in [2.05, 4.69) is 77.9 Å². The van der Waals surface area contributed by atoms with Crippen molar-refractivity contribution in [2.45, 2.75) is 19.9 Å². The van der Waals surface area contributed by atoms with Gasteiger partial charge in [-0.05, 0) is 29.7 Å². The third kappa shape index (κ3) is 2.52. The van der Waals surface area contributed by atoms with E-state index in [-0.39, 0.29) is 0 Å². The van der Waals surface area contributed by atoms with Crippen molar-refractivity contribution in [3.05, 3.63) is 60.3 Å². The van der Waals surface area contributed by atoms with Crippen LogP contribution in [0.4, 0.5) is 5.69 Å². The lowest BCUT2D eigenvalue weighted by Crippen LogP contribution is -2.16. The monoisotopic (exact) mass is 265 g/mol. The number of fused-ring (bicyclic) bond motifs is 1. The number of benzene rings is 2. The van der Waals surface area contributed by atoms with Gasteiger partial charge in [-0.2, -0.15) is 5.10 Å². The van der Waals surface area contributed by atoms with Gasteiger partial charge in [0.2, 0.25) is 0 Å². The van der Waals surface area contributed by atoms with Crippen molar-refractivity contribution in [2.75, 3.05) is 5.32 Å². The zero-order valence-electron chi connectivity index (χ0n) is 11.8. The summed E-state index contributed by atoms with van der Waals surface area (Å²) in [4.78, 5) is 0. The molecule has 20 heavy (non-hydrogen) atoms. The third-order valence-electron chi connectivity index (χ3n) is 3.59. The molecule has 3 aromatic rings. The van der Waals surface area contributed by atoms with Gasteiger partial charge in [-0.25, -0.2) is 0 Å². The molecular weight excluding hydrogens is 246 g/mol. The van der Waals surface area contributed by atoms with Gasteiger partial charge in [-0.15, -0.1) is 0 Å². The van der Waals surface area contributed by atoms with Crippen molar-refractivity contribution in [3.63, 3.8) is 0 Å². The molecule has 1 aromatic heterocycles. The van der Waals surface area contributed by atoms with Gasteiger partial charge in [0, 0.05) is 11.1 Å². The zero-order valence-corrected chi connectivity index (χ0v) is 11.8. The van der Waals surface area contributed by atoms with Crippen LogP contribution in [0.1, 0.15) is 25.5 Å². The van der Waals surface area contributed by atoms with Crippen molar-refractivity contribution in [1.82, 2.24) is 10.2 Å². The summed E-state index contributed by atoms with van der Waals surface area (Å²) in [5, 5.41) is 11.8. The summed E-state index contributed by atoms with van der Waals surface area (Å²) in [5.74, 6) is 0.512. The number of nitrogens with zero attached hydrogens (tertiary/aromatic N) is 1. The van der Waals surface area contributed by atoms with Gasteiger partial charge in [0.25, 0.3) is 0 Å². The molecule has 0 saturated carbocycles. The molecule has 2 aromatic carbocycles. The Morgan fingerprint density at radius 2 is 1.85 bits per heavy atom. The number of nitrogens with one attached hydrogen (secondary N) is 2. The maximum atomic E-state index is 4.06. The zero-order chi connectivity index (χ0) is 13.9. The van der Waals surface area contributed by atoms with E-state index in [1.165, 1.54) is 5.56 Å². The van der Waals surface area contributed by atoms with E-state index in [0.29, 0.717) is 12.0 Å². The molecule has 3 nitrogen and oxygen atoms in total. The second kappa shape index (κ2) is 5.37. The van der Waals surface area contributed by atoms with Crippen LogP contribution in [-0.4, -0.2) is 10.2 Å². The molecule has 1 atom stereocenters. The van der Waals surface area contributed by atoms with Crippen molar-refractivity contribution in [1.29, 1.82) is 0 Å². The first-order valence-corrected chi connectivity index (χ1v) is 6.98. The van der Waals surface area contributed by atoms with Crippen LogP contribution in [0.15, 0.2) is 54.7 Å². The summed E-state index contributed by atoms with van der Waals surface area (Å²) in [6, 6.07) is 17.2. The Labute approximate surface area is 119 Å². The Hall–Kier alpha value is -2.29. The normalized spacial score (nSPS) is 12.8. The first kappa shape index (κ1) is 12.7. The van der Waals surface area contributed by atoms with Crippen LogP contribution < -0.4 is 5.32 Å². The molecule has 0 bridgehead atoms. The summed E-state index contributed by atoms with van der Waals surface area (Å²) in [7, 11) is 0. The van der Waals surface area contributed by atoms with Crippen LogP contribution in [0.25, 0.3) is 10.9 Å². The van der Waals surface area contributed by atoms with Crippen molar-refractivity contribution in [3.8, 4) is 0 Å². The standard InChI is InChI=1S/C17H19N3/c1-12(2)17(13-6-4-3-5-7-13)19-15-8-9-16-14(10-15)11-18-20-16/h3-12,17,19H,1-2H3,(H,18,20). The number of aromatic nitrogens is 2. The molecule has 0 spiro atoms. The molecule has 102 valence electrons. The first-order chi connectivity index (χ1) is 9.74. The highest BCUT2D eigenvalue weighted by atomic mass is 15.1. The fourth-order valence-electron chi connectivity index (χ4n) is 2.51. The van der Waals surface area contributed by atoms with E-state index in [0.717, 1.165) is 16.6 Å². The second-order valence-corrected chi connectivity index (χ2v) is 5.45. The Morgan fingerprint density at radius 3 is 2.60 bits per heavy atom. The average Bonchev–Trinajstić information content (AvgIpc) is 2.93. The topological polar surface area (TPSA) is 40.7 Å². The number of hydrogen-bond donors (Lipinski definition) is 2. The second-order valence-electron chi connectivity index (χ2n) is 5.45. The van der Waals surface area contributed by atoms with Gasteiger partial charge in [0.15, 0.2) is 0 Å². The number of hydrogen-bond acceptors (Lipinski definition) is 2. The van der Waals surface area contributed by atoms with Crippen molar-refractivity contribution >= 4 is 16.6 Å². The fraction of sp³-hybridized carbons (Fsp3) is 0.235. The van der Waals surface area contributed by atoms with Crippen molar-refractivity contribution < 1.29 is 0 Å². The number of anilines is 1. The Bertz CT molecular complexity index is 686. The Morgan fingerprint density at radius 1 is 1.05 bits per heavy atom. The molecule has 1 heterocycles. The lowest BCUT2D eigenvalue weighted by molar-refractivity contribution is 0.546. The highest BCUT2D eigenvalue weighted by molar-refractivity contribution is 5.81. The molecule has 0 fully saturated rings. The lowest BCUT2D eigenvalue weighted by atomic mass is 9.95. The molecule has 0 aliphatic carbocycles. The summed E-state index contributed by atoms with van der Waals surface area (Å²) < 4.78 is 0. The fourth-order valence-corrected chi connectivity index (χ4v) is 2.51. The minimum Gasteiger partial charge on any atom is -0.378 e. The smallest absolute Gasteiger partial charge is 0.0651 e. The Balaban J connectivity index is 1.89. The van der Waals surface area contributed by atoms with Crippen LogP contribution in [0, 0.1) is 5.92 Å². The summed E-state index contributed by atoms with van der Waals surface area (Å²) >= 11 is 0. The average molecular weight is 265 g/mol. The predicted octanol–water partition coefficient (Wildman–Crippen LogP) is 4.37. The number of aromatic amines is 1. The molecule has 3 heteroatoms. The molecule has 0 aliphatic rings. The van der Waals surface area contributed by atoms with E-state index in [1.807, 2.05) is 6.20 Å². The maximum Gasteiger partial charge on any atom is 0.0651 e. The minimum atomic E-state index is 0.306.